The summed E-state index contributed by atoms with van der Waals surface area (Å²) in [6.07, 6.45) is 5.11. The second-order valence-corrected chi connectivity index (χ2v) is 4.72. The number of nitrogens with zero attached hydrogens (tertiary/aromatic N) is 3. The summed E-state index contributed by atoms with van der Waals surface area (Å²) in [5, 5.41) is 4.64. The molecule has 0 aliphatic rings. The zero-order valence-corrected chi connectivity index (χ0v) is 11.3. The third kappa shape index (κ3) is 2.42. The number of hydrogen-bond acceptors (Lipinski definition) is 2. The molecule has 0 aliphatic carbocycles. The minimum Gasteiger partial charge on any atom is -0.265 e. The summed E-state index contributed by atoms with van der Waals surface area (Å²) in [7, 11) is 0. The van der Waals surface area contributed by atoms with Crippen LogP contribution in [0.15, 0.2) is 55.0 Å². The highest BCUT2D eigenvalue weighted by molar-refractivity contribution is 6.31. The summed E-state index contributed by atoms with van der Waals surface area (Å²) in [6.45, 7) is 0.288. The van der Waals surface area contributed by atoms with E-state index in [1.165, 1.54) is 6.07 Å². The molecule has 0 bridgehead atoms. The van der Waals surface area contributed by atoms with E-state index in [0.717, 1.165) is 11.3 Å². The highest BCUT2D eigenvalue weighted by Crippen LogP contribution is 2.23. The van der Waals surface area contributed by atoms with Crippen LogP contribution < -0.4 is 0 Å². The first-order valence-corrected chi connectivity index (χ1v) is 6.48. The summed E-state index contributed by atoms with van der Waals surface area (Å²) < 4.78 is 15.6. The van der Waals surface area contributed by atoms with Crippen LogP contribution in [0.25, 0.3) is 11.3 Å². The Labute approximate surface area is 120 Å². The fraction of sp³-hybridized carbons (Fsp3) is 0.0667. The van der Waals surface area contributed by atoms with Crippen LogP contribution in [0.5, 0.6) is 0 Å². The van der Waals surface area contributed by atoms with Crippen molar-refractivity contribution in [1.82, 2.24) is 14.8 Å². The molecule has 0 N–H and O–H groups in total. The van der Waals surface area contributed by atoms with Crippen molar-refractivity contribution in [3.63, 3.8) is 0 Å². The van der Waals surface area contributed by atoms with E-state index in [-0.39, 0.29) is 12.4 Å². The van der Waals surface area contributed by atoms with Crippen molar-refractivity contribution < 1.29 is 4.39 Å². The third-order valence-corrected chi connectivity index (χ3v) is 3.42. The maximum Gasteiger partial charge on any atom is 0.129 e. The quantitative estimate of drug-likeness (QED) is 0.734. The summed E-state index contributed by atoms with van der Waals surface area (Å²) in [5.74, 6) is -0.325. The van der Waals surface area contributed by atoms with E-state index in [1.54, 1.807) is 35.4 Å². The van der Waals surface area contributed by atoms with Gasteiger partial charge in [-0.15, -0.1) is 0 Å². The first kappa shape index (κ1) is 12.8. The van der Waals surface area contributed by atoms with Gasteiger partial charge in [0.05, 0.1) is 12.2 Å². The summed E-state index contributed by atoms with van der Waals surface area (Å²) >= 11 is 6.05. The molecule has 1 aromatic carbocycles. The van der Waals surface area contributed by atoms with Crippen molar-refractivity contribution in [2.45, 2.75) is 6.54 Å². The molecule has 5 heteroatoms. The van der Waals surface area contributed by atoms with E-state index < -0.39 is 0 Å². The summed E-state index contributed by atoms with van der Waals surface area (Å²) in [4.78, 5) is 3.99. The number of pyridine rings is 1. The van der Waals surface area contributed by atoms with Gasteiger partial charge in [-0.2, -0.15) is 5.10 Å². The maximum absolute atomic E-state index is 13.8. The van der Waals surface area contributed by atoms with Gasteiger partial charge in [0.25, 0.3) is 0 Å². The monoisotopic (exact) mass is 287 g/mol. The highest BCUT2D eigenvalue weighted by atomic mass is 35.5. The molecule has 0 saturated carbocycles. The zero-order valence-electron chi connectivity index (χ0n) is 10.5. The predicted octanol–water partition coefficient (Wildman–Crippen LogP) is 3.79. The van der Waals surface area contributed by atoms with Crippen LogP contribution in [0.4, 0.5) is 4.39 Å². The Kier molecular flexibility index (Phi) is 3.48. The van der Waals surface area contributed by atoms with Crippen molar-refractivity contribution >= 4 is 11.6 Å². The van der Waals surface area contributed by atoms with Gasteiger partial charge < -0.3 is 0 Å². The molecular weight excluding hydrogens is 277 g/mol. The molecule has 0 spiro atoms. The number of benzene rings is 1. The van der Waals surface area contributed by atoms with Crippen molar-refractivity contribution in [2.75, 3.05) is 0 Å². The standard InChI is InChI=1S/C15H11ClFN3/c16-13-2-1-3-14(17)12(13)10-20-15(6-9-19-20)11-4-7-18-8-5-11/h1-9H,10H2. The van der Waals surface area contributed by atoms with Gasteiger partial charge >= 0.3 is 0 Å². The van der Waals surface area contributed by atoms with Crippen LogP contribution in [0, 0.1) is 5.82 Å². The molecule has 20 heavy (non-hydrogen) atoms. The topological polar surface area (TPSA) is 30.7 Å². The molecule has 0 saturated heterocycles. The van der Waals surface area contributed by atoms with Gasteiger partial charge in [-0.05, 0) is 30.3 Å². The van der Waals surface area contributed by atoms with Crippen LogP contribution in [-0.4, -0.2) is 14.8 Å². The normalized spacial score (nSPS) is 10.7. The van der Waals surface area contributed by atoms with Crippen LogP contribution in [0.1, 0.15) is 5.56 Å². The van der Waals surface area contributed by atoms with Crippen molar-refractivity contribution in [2.24, 2.45) is 0 Å². The van der Waals surface area contributed by atoms with Crippen molar-refractivity contribution in [3.8, 4) is 11.3 Å². The number of halogens is 2. The first-order chi connectivity index (χ1) is 9.75. The fourth-order valence-electron chi connectivity index (χ4n) is 2.06. The van der Waals surface area contributed by atoms with E-state index in [1.807, 2.05) is 18.2 Å². The second-order valence-electron chi connectivity index (χ2n) is 4.31. The lowest BCUT2D eigenvalue weighted by Gasteiger charge is -2.10. The molecule has 0 radical (unpaired) electrons. The lowest BCUT2D eigenvalue weighted by molar-refractivity contribution is 0.587. The molecule has 100 valence electrons. The molecule has 0 atom stereocenters. The number of hydrogen-bond donors (Lipinski definition) is 0. The maximum atomic E-state index is 13.8. The lowest BCUT2D eigenvalue weighted by atomic mass is 10.1. The van der Waals surface area contributed by atoms with Gasteiger partial charge in [-0.1, -0.05) is 17.7 Å². The van der Waals surface area contributed by atoms with Crippen LogP contribution in [0.2, 0.25) is 5.02 Å². The smallest absolute Gasteiger partial charge is 0.129 e. The second kappa shape index (κ2) is 5.43. The highest BCUT2D eigenvalue weighted by Gasteiger charge is 2.11. The molecule has 2 aromatic heterocycles. The van der Waals surface area contributed by atoms with E-state index in [2.05, 4.69) is 10.1 Å². The van der Waals surface area contributed by atoms with E-state index in [0.29, 0.717) is 10.6 Å². The van der Waals surface area contributed by atoms with Crippen molar-refractivity contribution in [1.29, 1.82) is 0 Å². The molecule has 0 amide bonds. The van der Waals surface area contributed by atoms with Gasteiger partial charge in [0.15, 0.2) is 0 Å². The average molecular weight is 288 g/mol. The molecule has 0 unspecified atom stereocenters. The van der Waals surface area contributed by atoms with Crippen LogP contribution >= 0.6 is 11.6 Å². The van der Waals surface area contributed by atoms with Gasteiger partial charge in [-0.3, -0.25) is 9.67 Å². The fourth-order valence-corrected chi connectivity index (χ4v) is 2.28. The Balaban J connectivity index is 1.99. The molecule has 3 aromatic rings. The Bertz CT molecular complexity index is 705. The number of rotatable bonds is 3. The van der Waals surface area contributed by atoms with Gasteiger partial charge in [0, 0.05) is 34.7 Å². The largest absolute Gasteiger partial charge is 0.265 e. The third-order valence-electron chi connectivity index (χ3n) is 3.06. The van der Waals surface area contributed by atoms with Crippen molar-refractivity contribution in [3.05, 3.63) is 71.4 Å². The molecule has 2 heterocycles. The molecule has 3 rings (SSSR count). The molecule has 3 nitrogen and oxygen atoms in total. The van der Waals surface area contributed by atoms with Crippen LogP contribution in [-0.2, 0) is 6.54 Å². The minimum atomic E-state index is -0.325. The van der Waals surface area contributed by atoms with Gasteiger partial charge in [-0.25, -0.2) is 4.39 Å². The van der Waals surface area contributed by atoms with E-state index in [4.69, 9.17) is 11.6 Å². The molecule has 0 aliphatic heterocycles. The van der Waals surface area contributed by atoms with Gasteiger partial charge in [0.2, 0.25) is 0 Å². The average Bonchev–Trinajstić information content (AvgIpc) is 2.92. The SMILES string of the molecule is Fc1cccc(Cl)c1Cn1nccc1-c1ccncc1. The number of aromatic nitrogens is 3. The zero-order chi connectivity index (χ0) is 13.9. The lowest BCUT2D eigenvalue weighted by Crippen LogP contribution is -2.06. The molecule has 0 fully saturated rings. The summed E-state index contributed by atoms with van der Waals surface area (Å²) in [5.41, 5.74) is 2.31. The Morgan fingerprint density at radius 1 is 1.05 bits per heavy atom. The predicted molar refractivity (Wildman–Crippen MR) is 76.0 cm³/mol. The minimum absolute atomic E-state index is 0.288. The first-order valence-electron chi connectivity index (χ1n) is 6.11. The summed E-state index contributed by atoms with van der Waals surface area (Å²) in [6, 6.07) is 10.3. The van der Waals surface area contributed by atoms with E-state index in [9.17, 15) is 4.39 Å². The Hall–Kier alpha value is -2.20. The van der Waals surface area contributed by atoms with E-state index >= 15 is 0 Å². The Morgan fingerprint density at radius 3 is 2.60 bits per heavy atom. The Morgan fingerprint density at radius 2 is 1.85 bits per heavy atom. The van der Waals surface area contributed by atoms with Crippen LogP contribution in [0.3, 0.4) is 0 Å². The molecular formula is C15H11ClFN3. The van der Waals surface area contributed by atoms with Gasteiger partial charge in [0.1, 0.15) is 5.82 Å².